The summed E-state index contributed by atoms with van der Waals surface area (Å²) in [5, 5.41) is 0. The van der Waals surface area contributed by atoms with Crippen molar-refractivity contribution in [2.45, 2.75) is 20.4 Å². The molecule has 0 unspecified atom stereocenters. The van der Waals surface area contributed by atoms with E-state index in [-0.39, 0.29) is 5.69 Å². The number of hydrogen-bond donors (Lipinski definition) is 1. The first kappa shape index (κ1) is 11.8. The number of aromatic nitrogens is 1. The van der Waals surface area contributed by atoms with E-state index in [2.05, 4.69) is 0 Å². The predicted molar refractivity (Wildman–Crippen MR) is 63.1 cm³/mol. The van der Waals surface area contributed by atoms with Crippen molar-refractivity contribution < 1.29 is 8.78 Å². The third-order valence-electron chi connectivity index (χ3n) is 2.90. The van der Waals surface area contributed by atoms with Crippen LogP contribution in [0.1, 0.15) is 17.0 Å². The average molecular weight is 236 g/mol. The summed E-state index contributed by atoms with van der Waals surface area (Å²) >= 11 is 0. The van der Waals surface area contributed by atoms with Gasteiger partial charge in [0.25, 0.3) is 0 Å². The molecule has 1 aromatic carbocycles. The predicted octanol–water partition coefficient (Wildman–Crippen LogP) is 2.83. The van der Waals surface area contributed by atoms with Crippen molar-refractivity contribution in [3.05, 3.63) is 52.9 Å². The molecule has 0 saturated heterocycles. The molecule has 1 aromatic heterocycles. The number of nitrogens with two attached hydrogens (primary N) is 1. The highest BCUT2D eigenvalue weighted by atomic mass is 19.1. The lowest BCUT2D eigenvalue weighted by Gasteiger charge is -2.11. The first-order chi connectivity index (χ1) is 8.04. The first-order valence-electron chi connectivity index (χ1n) is 5.38. The lowest BCUT2D eigenvalue weighted by atomic mass is 10.2. The molecule has 0 radical (unpaired) electrons. The van der Waals surface area contributed by atoms with Crippen LogP contribution in [0.15, 0.2) is 24.3 Å². The molecule has 17 heavy (non-hydrogen) atoms. The highest BCUT2D eigenvalue weighted by molar-refractivity contribution is 5.42. The van der Waals surface area contributed by atoms with Crippen molar-refractivity contribution >= 4 is 0 Å². The second-order valence-corrected chi connectivity index (χ2v) is 4.03. The molecule has 2 rings (SSSR count). The summed E-state index contributed by atoms with van der Waals surface area (Å²) in [5.41, 5.74) is 8.44. The molecule has 0 spiro atoms. The summed E-state index contributed by atoms with van der Waals surface area (Å²) in [5.74, 6) is -0.903. The zero-order valence-electron chi connectivity index (χ0n) is 9.80. The van der Waals surface area contributed by atoms with Gasteiger partial charge in [0.2, 0.25) is 0 Å². The SMILES string of the molecule is Cc1cc(CN)c(C)n1-c1cc(F)ccc1F. The van der Waals surface area contributed by atoms with E-state index in [9.17, 15) is 8.78 Å². The van der Waals surface area contributed by atoms with Gasteiger partial charge >= 0.3 is 0 Å². The van der Waals surface area contributed by atoms with E-state index in [1.807, 2.05) is 19.9 Å². The molecule has 0 aliphatic rings. The summed E-state index contributed by atoms with van der Waals surface area (Å²) < 4.78 is 28.6. The monoisotopic (exact) mass is 236 g/mol. The van der Waals surface area contributed by atoms with E-state index in [1.165, 1.54) is 6.07 Å². The fraction of sp³-hybridized carbons (Fsp3) is 0.231. The molecule has 0 aliphatic carbocycles. The van der Waals surface area contributed by atoms with E-state index in [4.69, 9.17) is 5.73 Å². The molecule has 1 heterocycles. The fourth-order valence-corrected chi connectivity index (χ4v) is 2.06. The number of hydrogen-bond acceptors (Lipinski definition) is 1. The minimum absolute atomic E-state index is 0.222. The van der Waals surface area contributed by atoms with Gasteiger partial charge in [-0.3, -0.25) is 0 Å². The highest BCUT2D eigenvalue weighted by Crippen LogP contribution is 2.23. The largest absolute Gasteiger partial charge is 0.326 e. The third kappa shape index (κ3) is 1.96. The molecule has 0 bridgehead atoms. The van der Waals surface area contributed by atoms with Crippen LogP contribution in [0.2, 0.25) is 0 Å². The normalized spacial score (nSPS) is 10.9. The Kier molecular flexibility index (Phi) is 2.98. The Morgan fingerprint density at radius 1 is 1.18 bits per heavy atom. The van der Waals surface area contributed by atoms with Gasteiger partial charge in [-0.2, -0.15) is 0 Å². The minimum Gasteiger partial charge on any atom is -0.326 e. The van der Waals surface area contributed by atoms with Gasteiger partial charge in [-0.25, -0.2) is 8.78 Å². The van der Waals surface area contributed by atoms with Gasteiger partial charge in [0.1, 0.15) is 11.6 Å². The van der Waals surface area contributed by atoms with Crippen LogP contribution in [0.4, 0.5) is 8.78 Å². The Labute approximate surface area is 98.7 Å². The van der Waals surface area contributed by atoms with E-state index < -0.39 is 11.6 Å². The van der Waals surface area contributed by atoms with E-state index >= 15 is 0 Å². The number of halogens is 2. The second-order valence-electron chi connectivity index (χ2n) is 4.03. The molecule has 0 fully saturated rings. The van der Waals surface area contributed by atoms with Crippen LogP contribution in [-0.4, -0.2) is 4.57 Å². The Hall–Kier alpha value is -1.68. The van der Waals surface area contributed by atoms with Gasteiger partial charge < -0.3 is 10.3 Å². The van der Waals surface area contributed by atoms with Gasteiger partial charge in [0.15, 0.2) is 0 Å². The molecule has 0 aliphatic heterocycles. The van der Waals surface area contributed by atoms with Crippen LogP contribution in [0, 0.1) is 25.5 Å². The molecule has 90 valence electrons. The smallest absolute Gasteiger partial charge is 0.147 e. The van der Waals surface area contributed by atoms with Crippen LogP contribution in [0.25, 0.3) is 5.69 Å². The number of aryl methyl sites for hydroxylation is 1. The van der Waals surface area contributed by atoms with Gasteiger partial charge in [-0.15, -0.1) is 0 Å². The number of nitrogens with zero attached hydrogens (tertiary/aromatic N) is 1. The summed E-state index contributed by atoms with van der Waals surface area (Å²) in [6.45, 7) is 4.08. The maximum Gasteiger partial charge on any atom is 0.147 e. The molecule has 4 heteroatoms. The van der Waals surface area contributed by atoms with Gasteiger partial charge in [0.05, 0.1) is 5.69 Å². The van der Waals surface area contributed by atoms with Crippen molar-refractivity contribution in [2.24, 2.45) is 5.73 Å². The van der Waals surface area contributed by atoms with Crippen LogP contribution in [-0.2, 0) is 6.54 Å². The molecular formula is C13H14F2N2. The van der Waals surface area contributed by atoms with Crippen molar-refractivity contribution in [1.82, 2.24) is 4.57 Å². The zero-order valence-corrected chi connectivity index (χ0v) is 9.80. The maximum atomic E-state index is 13.7. The van der Waals surface area contributed by atoms with E-state index in [0.717, 1.165) is 29.1 Å². The first-order valence-corrected chi connectivity index (χ1v) is 5.38. The number of benzene rings is 1. The molecule has 2 aromatic rings. The Balaban J connectivity index is 2.68. The van der Waals surface area contributed by atoms with Gasteiger partial charge in [-0.1, -0.05) is 0 Å². The second kappa shape index (κ2) is 4.30. The quantitative estimate of drug-likeness (QED) is 0.854. The number of rotatable bonds is 2. The molecule has 0 saturated carbocycles. The van der Waals surface area contributed by atoms with Crippen molar-refractivity contribution in [2.75, 3.05) is 0 Å². The van der Waals surface area contributed by atoms with Gasteiger partial charge in [0, 0.05) is 24.0 Å². The third-order valence-corrected chi connectivity index (χ3v) is 2.90. The highest BCUT2D eigenvalue weighted by Gasteiger charge is 2.13. The standard InChI is InChI=1S/C13H14F2N2/c1-8-5-10(7-16)9(2)17(8)13-6-11(14)3-4-12(13)15/h3-6H,7,16H2,1-2H3. The van der Waals surface area contributed by atoms with E-state index in [0.29, 0.717) is 6.54 Å². The summed E-state index contributed by atoms with van der Waals surface area (Å²) in [4.78, 5) is 0. The lowest BCUT2D eigenvalue weighted by Crippen LogP contribution is -2.04. The topological polar surface area (TPSA) is 30.9 Å². The van der Waals surface area contributed by atoms with Crippen LogP contribution in [0.5, 0.6) is 0 Å². The van der Waals surface area contributed by atoms with Crippen LogP contribution < -0.4 is 5.73 Å². The van der Waals surface area contributed by atoms with Crippen molar-refractivity contribution in [3.63, 3.8) is 0 Å². The van der Waals surface area contributed by atoms with Crippen LogP contribution >= 0.6 is 0 Å². The minimum atomic E-state index is -0.455. The Morgan fingerprint density at radius 2 is 1.88 bits per heavy atom. The summed E-state index contributed by atoms with van der Waals surface area (Å²) in [6, 6.07) is 5.32. The zero-order chi connectivity index (χ0) is 12.6. The molecule has 0 atom stereocenters. The van der Waals surface area contributed by atoms with Gasteiger partial charge in [-0.05, 0) is 37.6 Å². The summed E-state index contributed by atoms with van der Waals surface area (Å²) in [6.07, 6.45) is 0. The molecule has 2 N–H and O–H groups in total. The van der Waals surface area contributed by atoms with Crippen LogP contribution in [0.3, 0.4) is 0 Å². The molecule has 2 nitrogen and oxygen atoms in total. The Morgan fingerprint density at radius 3 is 2.47 bits per heavy atom. The summed E-state index contributed by atoms with van der Waals surface area (Å²) in [7, 11) is 0. The average Bonchev–Trinajstić information content (AvgIpc) is 2.58. The Bertz CT molecular complexity index is 559. The molecule has 0 amide bonds. The molecular weight excluding hydrogens is 222 g/mol. The lowest BCUT2D eigenvalue weighted by molar-refractivity contribution is 0.590. The van der Waals surface area contributed by atoms with Crippen molar-refractivity contribution in [3.8, 4) is 5.69 Å². The van der Waals surface area contributed by atoms with E-state index in [1.54, 1.807) is 4.57 Å². The van der Waals surface area contributed by atoms with Crippen molar-refractivity contribution in [1.29, 1.82) is 0 Å². The fourth-order valence-electron chi connectivity index (χ4n) is 2.06. The maximum absolute atomic E-state index is 13.7.